The first-order chi connectivity index (χ1) is 8.05. The fourth-order valence-electron chi connectivity index (χ4n) is 2.44. The normalized spacial score (nSPS) is 17.1. The van der Waals surface area contributed by atoms with Gasteiger partial charge in [0.1, 0.15) is 0 Å². The number of hydrogen-bond donors (Lipinski definition) is 1. The Labute approximate surface area is 106 Å². The molecule has 104 valence electrons. The second kappa shape index (κ2) is 8.86. The molecule has 0 aliphatic rings. The van der Waals surface area contributed by atoms with Gasteiger partial charge in [0.05, 0.1) is 13.2 Å². The molecule has 0 rings (SSSR count). The predicted molar refractivity (Wildman–Crippen MR) is 72.3 cm³/mol. The fourth-order valence-corrected chi connectivity index (χ4v) is 2.44. The van der Waals surface area contributed by atoms with Crippen molar-refractivity contribution in [1.82, 2.24) is 4.90 Å². The molecule has 0 aliphatic carbocycles. The van der Waals surface area contributed by atoms with Crippen molar-refractivity contribution in [2.75, 3.05) is 40.5 Å². The molecule has 0 aromatic carbocycles. The van der Waals surface area contributed by atoms with E-state index in [1.165, 1.54) is 0 Å². The molecule has 0 amide bonds. The van der Waals surface area contributed by atoms with Gasteiger partial charge in [-0.2, -0.15) is 0 Å². The third kappa shape index (κ3) is 5.34. The van der Waals surface area contributed by atoms with E-state index in [0.717, 1.165) is 32.6 Å². The fraction of sp³-hybridized carbons (Fsp3) is 1.00. The highest BCUT2D eigenvalue weighted by Crippen LogP contribution is 2.22. The van der Waals surface area contributed by atoms with Crippen LogP contribution in [0.4, 0.5) is 0 Å². The van der Waals surface area contributed by atoms with Crippen molar-refractivity contribution in [1.29, 1.82) is 0 Å². The molecule has 0 aliphatic heterocycles. The van der Waals surface area contributed by atoms with Gasteiger partial charge in [0.25, 0.3) is 0 Å². The lowest BCUT2D eigenvalue weighted by atomic mass is 9.92. The van der Waals surface area contributed by atoms with Crippen LogP contribution in [-0.4, -0.2) is 57.0 Å². The number of methoxy groups -OCH3 is 2. The van der Waals surface area contributed by atoms with Gasteiger partial charge in [0.15, 0.2) is 0 Å². The minimum Gasteiger partial charge on any atom is -0.383 e. The van der Waals surface area contributed by atoms with E-state index in [2.05, 4.69) is 25.7 Å². The Morgan fingerprint density at radius 2 is 1.94 bits per heavy atom. The van der Waals surface area contributed by atoms with Crippen molar-refractivity contribution in [2.24, 2.45) is 5.73 Å². The van der Waals surface area contributed by atoms with Crippen molar-refractivity contribution < 1.29 is 9.47 Å². The van der Waals surface area contributed by atoms with E-state index in [1.807, 2.05) is 0 Å². The molecule has 0 aromatic heterocycles. The summed E-state index contributed by atoms with van der Waals surface area (Å²) in [6, 6.07) is 0.357. The van der Waals surface area contributed by atoms with Crippen molar-refractivity contribution in [3.63, 3.8) is 0 Å². The second-order valence-electron chi connectivity index (χ2n) is 4.94. The lowest BCUT2D eigenvalue weighted by Gasteiger charge is -2.44. The van der Waals surface area contributed by atoms with E-state index in [0.29, 0.717) is 12.6 Å². The topological polar surface area (TPSA) is 47.7 Å². The van der Waals surface area contributed by atoms with Gasteiger partial charge in [-0.3, -0.25) is 4.90 Å². The summed E-state index contributed by atoms with van der Waals surface area (Å²) in [5.41, 5.74) is 6.01. The molecule has 2 N–H and O–H groups in total. The highest BCUT2D eigenvalue weighted by atomic mass is 16.5. The molecule has 0 heterocycles. The molecule has 0 spiro atoms. The van der Waals surface area contributed by atoms with Crippen molar-refractivity contribution in [3.8, 4) is 0 Å². The molecule has 4 heteroatoms. The SMILES string of the molecule is CCCC(C)(CN)N(CCOC)C(C)COC. The molecule has 2 atom stereocenters. The zero-order valence-electron chi connectivity index (χ0n) is 12.2. The molecule has 0 fully saturated rings. The van der Waals surface area contributed by atoms with Gasteiger partial charge >= 0.3 is 0 Å². The van der Waals surface area contributed by atoms with E-state index < -0.39 is 0 Å². The van der Waals surface area contributed by atoms with Crippen molar-refractivity contribution in [2.45, 2.75) is 45.2 Å². The van der Waals surface area contributed by atoms with Gasteiger partial charge in [-0.15, -0.1) is 0 Å². The molecule has 0 radical (unpaired) electrons. The molecular formula is C13H30N2O2. The van der Waals surface area contributed by atoms with Crippen LogP contribution in [0.5, 0.6) is 0 Å². The minimum atomic E-state index is 0.0330. The quantitative estimate of drug-likeness (QED) is 0.634. The van der Waals surface area contributed by atoms with Gasteiger partial charge in [0, 0.05) is 38.9 Å². The Morgan fingerprint density at radius 3 is 2.35 bits per heavy atom. The van der Waals surface area contributed by atoms with Gasteiger partial charge in [-0.05, 0) is 20.3 Å². The summed E-state index contributed by atoms with van der Waals surface area (Å²) in [5.74, 6) is 0. The summed E-state index contributed by atoms with van der Waals surface area (Å²) in [6.45, 7) is 9.63. The Kier molecular flexibility index (Phi) is 8.78. The predicted octanol–water partition coefficient (Wildman–Crippen LogP) is 1.49. The maximum atomic E-state index is 5.98. The number of rotatable bonds is 10. The van der Waals surface area contributed by atoms with Crippen LogP contribution in [0.15, 0.2) is 0 Å². The summed E-state index contributed by atoms with van der Waals surface area (Å²) in [4.78, 5) is 2.42. The Morgan fingerprint density at radius 1 is 1.29 bits per heavy atom. The largest absolute Gasteiger partial charge is 0.383 e. The molecule has 4 nitrogen and oxygen atoms in total. The van der Waals surface area contributed by atoms with Crippen LogP contribution in [0.25, 0.3) is 0 Å². The number of nitrogens with two attached hydrogens (primary N) is 1. The lowest BCUT2D eigenvalue weighted by molar-refractivity contribution is 0.00337. The Balaban J connectivity index is 4.71. The van der Waals surface area contributed by atoms with Gasteiger partial charge in [-0.25, -0.2) is 0 Å². The van der Waals surface area contributed by atoms with Gasteiger partial charge in [-0.1, -0.05) is 13.3 Å². The van der Waals surface area contributed by atoms with Crippen LogP contribution in [0.3, 0.4) is 0 Å². The molecular weight excluding hydrogens is 216 g/mol. The highest BCUT2D eigenvalue weighted by molar-refractivity contribution is 4.89. The van der Waals surface area contributed by atoms with E-state index in [1.54, 1.807) is 14.2 Å². The summed E-state index contributed by atoms with van der Waals surface area (Å²) < 4.78 is 10.5. The average Bonchev–Trinajstić information content (AvgIpc) is 2.30. The summed E-state index contributed by atoms with van der Waals surface area (Å²) in [5, 5.41) is 0. The van der Waals surface area contributed by atoms with Crippen molar-refractivity contribution >= 4 is 0 Å². The first-order valence-corrected chi connectivity index (χ1v) is 6.50. The summed E-state index contributed by atoms with van der Waals surface area (Å²) in [7, 11) is 3.48. The molecule has 0 saturated carbocycles. The maximum absolute atomic E-state index is 5.98. The van der Waals surface area contributed by atoms with Gasteiger partial charge < -0.3 is 15.2 Å². The maximum Gasteiger partial charge on any atom is 0.0615 e. The van der Waals surface area contributed by atoms with E-state index in [4.69, 9.17) is 15.2 Å². The lowest BCUT2D eigenvalue weighted by Crippen LogP contribution is -2.57. The highest BCUT2D eigenvalue weighted by Gasteiger charge is 2.32. The van der Waals surface area contributed by atoms with Gasteiger partial charge in [0.2, 0.25) is 0 Å². The smallest absolute Gasteiger partial charge is 0.0615 e. The van der Waals surface area contributed by atoms with Crippen LogP contribution in [0.2, 0.25) is 0 Å². The minimum absolute atomic E-state index is 0.0330. The average molecular weight is 246 g/mol. The van der Waals surface area contributed by atoms with Crippen LogP contribution in [-0.2, 0) is 9.47 Å². The zero-order valence-corrected chi connectivity index (χ0v) is 12.2. The van der Waals surface area contributed by atoms with E-state index in [-0.39, 0.29) is 5.54 Å². The third-order valence-electron chi connectivity index (χ3n) is 3.40. The standard InChI is InChI=1S/C13H30N2O2/c1-6-7-13(3,11-14)15(8-9-16-4)12(2)10-17-5/h12H,6-11,14H2,1-5H3. The Hall–Kier alpha value is -0.160. The zero-order chi connectivity index (χ0) is 13.3. The molecule has 0 bridgehead atoms. The number of hydrogen-bond acceptors (Lipinski definition) is 4. The van der Waals surface area contributed by atoms with Crippen LogP contribution >= 0.6 is 0 Å². The third-order valence-corrected chi connectivity index (χ3v) is 3.40. The first kappa shape index (κ1) is 16.8. The summed E-state index contributed by atoms with van der Waals surface area (Å²) in [6.07, 6.45) is 2.23. The molecule has 0 saturated heterocycles. The first-order valence-electron chi connectivity index (χ1n) is 6.50. The second-order valence-corrected chi connectivity index (χ2v) is 4.94. The van der Waals surface area contributed by atoms with Crippen molar-refractivity contribution in [3.05, 3.63) is 0 Å². The summed E-state index contributed by atoms with van der Waals surface area (Å²) >= 11 is 0. The number of nitrogens with zero attached hydrogens (tertiary/aromatic N) is 1. The van der Waals surface area contributed by atoms with E-state index in [9.17, 15) is 0 Å². The van der Waals surface area contributed by atoms with E-state index >= 15 is 0 Å². The molecule has 17 heavy (non-hydrogen) atoms. The monoisotopic (exact) mass is 246 g/mol. The molecule has 0 aromatic rings. The Bertz CT molecular complexity index is 190. The van der Waals surface area contributed by atoms with Crippen LogP contribution < -0.4 is 5.73 Å². The number of ether oxygens (including phenoxy) is 2. The van der Waals surface area contributed by atoms with Crippen LogP contribution in [0, 0.1) is 0 Å². The van der Waals surface area contributed by atoms with Crippen LogP contribution in [0.1, 0.15) is 33.6 Å². The molecule has 2 unspecified atom stereocenters.